The van der Waals surface area contributed by atoms with E-state index < -0.39 is 11.7 Å². The summed E-state index contributed by atoms with van der Waals surface area (Å²) in [6.45, 7) is 3.66. The molecule has 1 saturated heterocycles. The van der Waals surface area contributed by atoms with Gasteiger partial charge in [0.1, 0.15) is 0 Å². The van der Waals surface area contributed by atoms with Gasteiger partial charge in [0.05, 0.1) is 5.56 Å². The summed E-state index contributed by atoms with van der Waals surface area (Å²) in [5.74, 6) is 0.565. The molecule has 1 aliphatic rings. The molecule has 1 fully saturated rings. The van der Waals surface area contributed by atoms with Crippen LogP contribution in [0, 0.1) is 5.92 Å². The first kappa shape index (κ1) is 15.6. The molecule has 0 atom stereocenters. The van der Waals surface area contributed by atoms with Crippen molar-refractivity contribution in [3.63, 3.8) is 0 Å². The van der Waals surface area contributed by atoms with E-state index in [1.807, 2.05) is 0 Å². The molecular formula is C16H18F3NO. The Balaban J connectivity index is 1.96. The van der Waals surface area contributed by atoms with Crippen molar-refractivity contribution in [3.8, 4) is 0 Å². The van der Waals surface area contributed by atoms with E-state index in [9.17, 15) is 18.0 Å². The third-order valence-electron chi connectivity index (χ3n) is 3.75. The monoisotopic (exact) mass is 297 g/mol. The number of likely N-dealkylation sites (tertiary alicyclic amines) is 1. The van der Waals surface area contributed by atoms with Crippen LogP contribution in [0.3, 0.4) is 0 Å². The van der Waals surface area contributed by atoms with Gasteiger partial charge in [0, 0.05) is 19.2 Å². The summed E-state index contributed by atoms with van der Waals surface area (Å²) in [4.78, 5) is 13.7. The zero-order chi connectivity index (χ0) is 15.5. The van der Waals surface area contributed by atoms with Gasteiger partial charge < -0.3 is 4.90 Å². The lowest BCUT2D eigenvalue weighted by Gasteiger charge is -2.29. The second-order valence-corrected chi connectivity index (χ2v) is 5.46. The average Bonchev–Trinajstić information content (AvgIpc) is 2.45. The lowest BCUT2D eigenvalue weighted by molar-refractivity contribution is -0.137. The van der Waals surface area contributed by atoms with Gasteiger partial charge >= 0.3 is 6.18 Å². The van der Waals surface area contributed by atoms with Gasteiger partial charge in [0.2, 0.25) is 5.91 Å². The fourth-order valence-corrected chi connectivity index (χ4v) is 2.29. The van der Waals surface area contributed by atoms with Crippen LogP contribution in [0.15, 0.2) is 30.3 Å². The van der Waals surface area contributed by atoms with Gasteiger partial charge in [0.25, 0.3) is 0 Å². The minimum Gasteiger partial charge on any atom is -0.339 e. The Morgan fingerprint density at radius 3 is 2.29 bits per heavy atom. The molecule has 0 unspecified atom stereocenters. The van der Waals surface area contributed by atoms with Crippen LogP contribution < -0.4 is 0 Å². The van der Waals surface area contributed by atoms with Crippen LogP contribution in [-0.2, 0) is 11.0 Å². The molecule has 0 bridgehead atoms. The predicted molar refractivity (Wildman–Crippen MR) is 75.5 cm³/mol. The van der Waals surface area contributed by atoms with E-state index >= 15 is 0 Å². The Labute approximate surface area is 122 Å². The van der Waals surface area contributed by atoms with E-state index in [0.29, 0.717) is 11.5 Å². The van der Waals surface area contributed by atoms with Crippen molar-refractivity contribution >= 4 is 12.0 Å². The van der Waals surface area contributed by atoms with E-state index in [1.165, 1.54) is 18.2 Å². The second kappa shape index (κ2) is 6.33. The zero-order valence-corrected chi connectivity index (χ0v) is 11.9. The molecule has 5 heteroatoms. The van der Waals surface area contributed by atoms with E-state index in [0.717, 1.165) is 38.1 Å². The molecule has 1 aromatic carbocycles. The van der Waals surface area contributed by atoms with Crippen LogP contribution in [0.2, 0.25) is 0 Å². The number of rotatable bonds is 2. The summed E-state index contributed by atoms with van der Waals surface area (Å²) < 4.78 is 37.3. The highest BCUT2D eigenvalue weighted by molar-refractivity contribution is 5.91. The minimum absolute atomic E-state index is 0.0817. The highest BCUT2D eigenvalue weighted by Crippen LogP contribution is 2.29. The quantitative estimate of drug-likeness (QED) is 0.756. The zero-order valence-electron chi connectivity index (χ0n) is 11.9. The van der Waals surface area contributed by atoms with E-state index in [-0.39, 0.29) is 5.91 Å². The number of benzene rings is 1. The van der Waals surface area contributed by atoms with Crippen molar-refractivity contribution in [1.29, 1.82) is 0 Å². The number of carbonyl (C=O) groups excluding carboxylic acids is 1. The summed E-state index contributed by atoms with van der Waals surface area (Å²) in [7, 11) is 0. The number of amides is 1. The highest BCUT2D eigenvalue weighted by Gasteiger charge is 2.29. The van der Waals surface area contributed by atoms with Crippen molar-refractivity contribution in [2.75, 3.05) is 13.1 Å². The molecule has 2 rings (SSSR count). The minimum atomic E-state index is -4.33. The number of nitrogens with zero attached hydrogens (tertiary/aromatic N) is 1. The first-order valence-corrected chi connectivity index (χ1v) is 7.00. The van der Waals surface area contributed by atoms with Gasteiger partial charge in [-0.15, -0.1) is 0 Å². The molecule has 114 valence electrons. The Morgan fingerprint density at radius 1 is 1.19 bits per heavy atom. The van der Waals surface area contributed by atoms with E-state index in [1.54, 1.807) is 11.0 Å². The second-order valence-electron chi connectivity index (χ2n) is 5.46. The number of carbonyl (C=O) groups is 1. The topological polar surface area (TPSA) is 20.3 Å². The largest absolute Gasteiger partial charge is 0.416 e. The number of alkyl halides is 3. The van der Waals surface area contributed by atoms with Gasteiger partial charge in [0.15, 0.2) is 0 Å². The number of halogens is 3. The van der Waals surface area contributed by atoms with Crippen molar-refractivity contribution in [2.45, 2.75) is 25.9 Å². The Bertz CT molecular complexity index is 511. The van der Waals surface area contributed by atoms with Crippen LogP contribution in [0.5, 0.6) is 0 Å². The number of hydrogen-bond donors (Lipinski definition) is 0. The molecule has 0 spiro atoms. The van der Waals surface area contributed by atoms with Crippen molar-refractivity contribution in [2.24, 2.45) is 5.92 Å². The summed E-state index contributed by atoms with van der Waals surface area (Å²) in [6, 6.07) is 4.77. The molecule has 1 aliphatic heterocycles. The molecule has 0 N–H and O–H groups in total. The molecule has 1 heterocycles. The molecular weight excluding hydrogens is 279 g/mol. The SMILES string of the molecule is CC1CCN(C(=O)C=Cc2ccc(C(F)(F)F)cc2)CC1. The molecule has 0 saturated carbocycles. The van der Waals surface area contributed by atoms with Crippen LogP contribution in [0.25, 0.3) is 6.08 Å². The molecule has 1 aromatic rings. The van der Waals surface area contributed by atoms with Crippen LogP contribution in [0.1, 0.15) is 30.9 Å². The van der Waals surface area contributed by atoms with Gasteiger partial charge in [-0.05, 0) is 42.5 Å². The first-order valence-electron chi connectivity index (χ1n) is 7.00. The third-order valence-corrected chi connectivity index (χ3v) is 3.75. The van der Waals surface area contributed by atoms with Gasteiger partial charge in [-0.1, -0.05) is 19.1 Å². The van der Waals surface area contributed by atoms with Crippen molar-refractivity contribution in [1.82, 2.24) is 4.90 Å². The lowest BCUT2D eigenvalue weighted by Crippen LogP contribution is -2.36. The lowest BCUT2D eigenvalue weighted by atomic mass is 9.99. The molecule has 0 aromatic heterocycles. The van der Waals surface area contributed by atoms with Crippen molar-refractivity contribution < 1.29 is 18.0 Å². The average molecular weight is 297 g/mol. The number of hydrogen-bond acceptors (Lipinski definition) is 1. The Morgan fingerprint density at radius 2 is 1.76 bits per heavy atom. The molecule has 2 nitrogen and oxygen atoms in total. The maximum atomic E-state index is 12.4. The normalized spacial score (nSPS) is 17.4. The Hall–Kier alpha value is -1.78. The van der Waals surface area contributed by atoms with Gasteiger partial charge in [-0.25, -0.2) is 0 Å². The third kappa shape index (κ3) is 4.34. The predicted octanol–water partition coefficient (Wildman–Crippen LogP) is 3.98. The molecule has 21 heavy (non-hydrogen) atoms. The smallest absolute Gasteiger partial charge is 0.339 e. The maximum absolute atomic E-state index is 12.4. The van der Waals surface area contributed by atoms with Crippen LogP contribution in [-0.4, -0.2) is 23.9 Å². The summed E-state index contributed by atoms with van der Waals surface area (Å²) in [5.41, 5.74) is -0.0993. The summed E-state index contributed by atoms with van der Waals surface area (Å²) in [5, 5.41) is 0. The maximum Gasteiger partial charge on any atom is 0.416 e. The fraction of sp³-hybridized carbons (Fsp3) is 0.438. The molecule has 1 amide bonds. The van der Waals surface area contributed by atoms with Gasteiger partial charge in [-0.3, -0.25) is 4.79 Å². The summed E-state index contributed by atoms with van der Waals surface area (Å²) >= 11 is 0. The highest BCUT2D eigenvalue weighted by atomic mass is 19.4. The summed E-state index contributed by atoms with van der Waals surface area (Å²) in [6.07, 6.45) is 0.654. The van der Waals surface area contributed by atoms with Crippen LogP contribution in [0.4, 0.5) is 13.2 Å². The first-order chi connectivity index (χ1) is 9.86. The van der Waals surface area contributed by atoms with E-state index in [2.05, 4.69) is 6.92 Å². The fourth-order valence-electron chi connectivity index (χ4n) is 2.29. The Kier molecular flexibility index (Phi) is 4.70. The van der Waals surface area contributed by atoms with Gasteiger partial charge in [-0.2, -0.15) is 13.2 Å². The molecule has 0 radical (unpaired) electrons. The van der Waals surface area contributed by atoms with Crippen LogP contribution >= 0.6 is 0 Å². The standard InChI is InChI=1S/C16H18F3NO/c1-12-8-10-20(11-9-12)15(21)7-4-13-2-5-14(6-3-13)16(17,18)19/h2-7,12H,8-11H2,1H3. The van der Waals surface area contributed by atoms with E-state index in [4.69, 9.17) is 0 Å². The van der Waals surface area contributed by atoms with Crippen molar-refractivity contribution in [3.05, 3.63) is 41.5 Å². The molecule has 0 aliphatic carbocycles. The number of piperidine rings is 1.